The van der Waals surface area contributed by atoms with Gasteiger partial charge in [-0.25, -0.2) is 12.7 Å². The van der Waals surface area contributed by atoms with Crippen molar-refractivity contribution in [1.29, 1.82) is 0 Å². The molecule has 4 nitrogen and oxygen atoms in total. The van der Waals surface area contributed by atoms with E-state index in [2.05, 4.69) is 0 Å². The molecule has 0 aromatic carbocycles. The molecule has 13 heavy (non-hydrogen) atoms. The number of ketones is 1. The third kappa shape index (κ3) is 2.51. The predicted octanol–water partition coefficient (Wildman–Crippen LogP) is 0.247. The second-order valence-corrected chi connectivity index (χ2v) is 5.82. The summed E-state index contributed by atoms with van der Waals surface area (Å²) in [5, 5.41) is 0. The molecule has 0 spiro atoms. The van der Waals surface area contributed by atoms with Gasteiger partial charge in [0.05, 0.1) is 0 Å². The first-order chi connectivity index (χ1) is 5.93. The number of carbonyl (C=O) groups excluding carboxylic acids is 1. The molecule has 0 unspecified atom stereocenters. The Bertz CT molecular complexity index is 291. The van der Waals surface area contributed by atoms with Crippen molar-refractivity contribution < 1.29 is 13.2 Å². The van der Waals surface area contributed by atoms with Crippen molar-refractivity contribution in [3.63, 3.8) is 0 Å². The van der Waals surface area contributed by atoms with Crippen LogP contribution in [0.2, 0.25) is 0 Å². The van der Waals surface area contributed by atoms with Gasteiger partial charge in [0.25, 0.3) is 0 Å². The van der Waals surface area contributed by atoms with Crippen molar-refractivity contribution in [2.24, 2.45) is 5.92 Å². The van der Waals surface area contributed by atoms with Crippen LogP contribution in [-0.2, 0) is 14.8 Å². The molecule has 0 aromatic heterocycles. The van der Waals surface area contributed by atoms with Crippen molar-refractivity contribution in [2.45, 2.75) is 19.3 Å². The molecule has 0 aliphatic heterocycles. The van der Waals surface area contributed by atoms with Crippen LogP contribution in [0, 0.1) is 5.92 Å². The largest absolute Gasteiger partial charge is 0.298 e. The highest BCUT2D eigenvalue weighted by atomic mass is 32.2. The summed E-state index contributed by atoms with van der Waals surface area (Å²) in [5.41, 5.74) is 0. The Morgan fingerprint density at radius 1 is 1.38 bits per heavy atom. The summed E-state index contributed by atoms with van der Waals surface area (Å²) in [4.78, 5) is 11.3. The standard InChI is InChI=1S/C8H15NO3S/c1-9(2)13(11,12)6-8(10)7-4-3-5-7/h7H,3-6H2,1-2H3. The zero-order chi connectivity index (χ0) is 10.1. The summed E-state index contributed by atoms with van der Waals surface area (Å²) in [7, 11) is -0.439. The highest BCUT2D eigenvalue weighted by Gasteiger charge is 2.29. The second kappa shape index (κ2) is 3.75. The molecule has 0 atom stereocenters. The molecule has 1 saturated carbocycles. The van der Waals surface area contributed by atoms with Gasteiger partial charge in [0.15, 0.2) is 5.78 Å². The average molecular weight is 205 g/mol. The molecule has 0 saturated heterocycles. The predicted molar refractivity (Wildman–Crippen MR) is 49.8 cm³/mol. The van der Waals surface area contributed by atoms with Crippen LogP contribution in [0.15, 0.2) is 0 Å². The minimum absolute atomic E-state index is 0.00900. The Morgan fingerprint density at radius 2 is 1.92 bits per heavy atom. The van der Waals surface area contributed by atoms with E-state index in [9.17, 15) is 13.2 Å². The number of hydrogen-bond donors (Lipinski definition) is 0. The van der Waals surface area contributed by atoms with Crippen molar-refractivity contribution >= 4 is 15.8 Å². The summed E-state index contributed by atoms with van der Waals surface area (Å²) >= 11 is 0. The van der Waals surface area contributed by atoms with E-state index in [1.165, 1.54) is 14.1 Å². The summed E-state index contributed by atoms with van der Waals surface area (Å²) in [5.74, 6) is -0.445. The normalized spacial score (nSPS) is 18.7. The lowest BCUT2D eigenvalue weighted by Crippen LogP contribution is -2.34. The van der Waals surface area contributed by atoms with E-state index >= 15 is 0 Å². The lowest BCUT2D eigenvalue weighted by Gasteiger charge is -2.24. The van der Waals surface area contributed by atoms with Gasteiger partial charge in [-0.3, -0.25) is 4.79 Å². The molecule has 0 radical (unpaired) electrons. The summed E-state index contributed by atoms with van der Waals surface area (Å²) in [6.07, 6.45) is 2.78. The average Bonchev–Trinajstić information content (AvgIpc) is 1.80. The van der Waals surface area contributed by atoms with E-state index in [1.54, 1.807) is 0 Å². The smallest absolute Gasteiger partial charge is 0.220 e. The number of carbonyl (C=O) groups is 1. The zero-order valence-electron chi connectivity index (χ0n) is 7.99. The number of sulfonamides is 1. The maximum atomic E-state index is 11.3. The highest BCUT2D eigenvalue weighted by Crippen LogP contribution is 2.27. The molecule has 1 aliphatic rings. The van der Waals surface area contributed by atoms with Crippen LogP contribution in [0.3, 0.4) is 0 Å². The monoisotopic (exact) mass is 205 g/mol. The molecular weight excluding hydrogens is 190 g/mol. The number of rotatable bonds is 4. The van der Waals surface area contributed by atoms with E-state index < -0.39 is 10.0 Å². The minimum atomic E-state index is -3.33. The molecule has 0 N–H and O–H groups in total. The van der Waals surface area contributed by atoms with Crippen LogP contribution < -0.4 is 0 Å². The first-order valence-corrected chi connectivity index (χ1v) is 5.97. The van der Waals surface area contributed by atoms with Crippen LogP contribution in [0.25, 0.3) is 0 Å². The number of hydrogen-bond acceptors (Lipinski definition) is 3. The molecular formula is C8H15NO3S. The van der Waals surface area contributed by atoms with Crippen molar-refractivity contribution in [3.8, 4) is 0 Å². The Hall–Kier alpha value is -0.420. The Kier molecular flexibility index (Phi) is 3.08. The molecule has 5 heteroatoms. The van der Waals surface area contributed by atoms with Crippen LogP contribution in [0.4, 0.5) is 0 Å². The topological polar surface area (TPSA) is 54.5 Å². The molecule has 76 valence electrons. The van der Waals surface area contributed by atoms with E-state index in [1.807, 2.05) is 0 Å². The van der Waals surface area contributed by atoms with Crippen molar-refractivity contribution in [3.05, 3.63) is 0 Å². The lowest BCUT2D eigenvalue weighted by atomic mass is 9.83. The van der Waals surface area contributed by atoms with E-state index in [4.69, 9.17) is 0 Å². The molecule has 0 bridgehead atoms. The van der Waals surface area contributed by atoms with Gasteiger partial charge >= 0.3 is 0 Å². The Labute approximate surface area is 79.0 Å². The van der Waals surface area contributed by atoms with Crippen LogP contribution >= 0.6 is 0 Å². The first-order valence-electron chi connectivity index (χ1n) is 4.36. The van der Waals surface area contributed by atoms with Gasteiger partial charge in [-0.15, -0.1) is 0 Å². The highest BCUT2D eigenvalue weighted by molar-refractivity contribution is 7.89. The quantitative estimate of drug-likeness (QED) is 0.661. The molecule has 0 amide bonds. The van der Waals surface area contributed by atoms with Crippen LogP contribution in [0.1, 0.15) is 19.3 Å². The van der Waals surface area contributed by atoms with E-state index in [0.29, 0.717) is 0 Å². The fourth-order valence-corrected chi connectivity index (χ4v) is 2.01. The second-order valence-electron chi connectivity index (χ2n) is 3.63. The van der Waals surface area contributed by atoms with Gasteiger partial charge in [-0.05, 0) is 12.8 Å². The van der Waals surface area contributed by atoms with Gasteiger partial charge in [-0.1, -0.05) is 6.42 Å². The van der Waals surface area contributed by atoms with Gasteiger partial charge in [0.2, 0.25) is 10.0 Å². The van der Waals surface area contributed by atoms with Gasteiger partial charge in [0.1, 0.15) is 5.75 Å². The van der Waals surface area contributed by atoms with Crippen LogP contribution in [0.5, 0.6) is 0 Å². The Morgan fingerprint density at radius 3 is 2.23 bits per heavy atom. The van der Waals surface area contributed by atoms with Crippen LogP contribution in [-0.4, -0.2) is 38.4 Å². The fraction of sp³-hybridized carbons (Fsp3) is 0.875. The van der Waals surface area contributed by atoms with E-state index in [0.717, 1.165) is 23.6 Å². The van der Waals surface area contributed by atoms with E-state index in [-0.39, 0.29) is 17.5 Å². The maximum Gasteiger partial charge on any atom is 0.220 e. The summed E-state index contributed by atoms with van der Waals surface area (Å²) in [6, 6.07) is 0. The first kappa shape index (κ1) is 10.7. The van der Waals surface area contributed by atoms with Crippen molar-refractivity contribution in [1.82, 2.24) is 4.31 Å². The van der Waals surface area contributed by atoms with Crippen molar-refractivity contribution in [2.75, 3.05) is 19.8 Å². The summed E-state index contributed by atoms with van der Waals surface area (Å²) < 4.78 is 23.7. The minimum Gasteiger partial charge on any atom is -0.298 e. The summed E-state index contributed by atoms with van der Waals surface area (Å²) in [6.45, 7) is 0. The SMILES string of the molecule is CN(C)S(=O)(=O)CC(=O)C1CCC1. The molecule has 0 heterocycles. The third-order valence-electron chi connectivity index (χ3n) is 2.44. The molecule has 1 rings (SSSR count). The third-order valence-corrected chi connectivity index (χ3v) is 4.20. The van der Waals surface area contributed by atoms with Gasteiger partial charge in [0, 0.05) is 20.0 Å². The lowest BCUT2D eigenvalue weighted by molar-refractivity contribution is -0.122. The molecule has 1 fully saturated rings. The molecule has 0 aromatic rings. The maximum absolute atomic E-state index is 11.3. The number of Topliss-reactive ketones (excluding diaryl/α,β-unsaturated/α-hetero) is 1. The zero-order valence-corrected chi connectivity index (χ0v) is 8.80. The van der Waals surface area contributed by atoms with Gasteiger partial charge in [-0.2, -0.15) is 0 Å². The van der Waals surface area contributed by atoms with Gasteiger partial charge < -0.3 is 0 Å². The fourth-order valence-electron chi connectivity index (χ4n) is 1.16. The number of nitrogens with zero attached hydrogens (tertiary/aromatic N) is 1. The Balaban J connectivity index is 2.52. The molecule has 1 aliphatic carbocycles.